The summed E-state index contributed by atoms with van der Waals surface area (Å²) in [6.07, 6.45) is 6.99. The van der Waals surface area contributed by atoms with Crippen molar-refractivity contribution in [1.29, 1.82) is 0 Å². The lowest BCUT2D eigenvalue weighted by molar-refractivity contribution is -0.119. The normalized spacial score (nSPS) is 21.3. The zero-order valence-corrected chi connectivity index (χ0v) is 21.5. The van der Waals surface area contributed by atoms with E-state index in [0.29, 0.717) is 19.0 Å². The number of likely N-dealkylation sites (tertiary alicyclic amines) is 1. The van der Waals surface area contributed by atoms with Gasteiger partial charge in [0.2, 0.25) is 5.91 Å². The van der Waals surface area contributed by atoms with E-state index in [-0.39, 0.29) is 24.1 Å². The van der Waals surface area contributed by atoms with Gasteiger partial charge in [-0.25, -0.2) is 4.79 Å². The molecule has 0 spiro atoms. The first-order chi connectivity index (χ1) is 17.9. The first-order valence-corrected chi connectivity index (χ1v) is 13.0. The Labute approximate surface area is 218 Å². The van der Waals surface area contributed by atoms with E-state index in [0.717, 1.165) is 68.8 Å². The molecule has 11 heteroatoms. The minimum atomic E-state index is -0.198. The van der Waals surface area contributed by atoms with Gasteiger partial charge in [0.15, 0.2) is 5.96 Å². The molecule has 0 radical (unpaired) electrons. The summed E-state index contributed by atoms with van der Waals surface area (Å²) in [7, 11) is 0. The van der Waals surface area contributed by atoms with Gasteiger partial charge in [-0.3, -0.25) is 14.7 Å². The van der Waals surface area contributed by atoms with Gasteiger partial charge in [0.25, 0.3) is 0 Å². The van der Waals surface area contributed by atoms with Gasteiger partial charge in [-0.05, 0) is 56.1 Å². The Kier molecular flexibility index (Phi) is 9.02. The fraction of sp³-hybridized carbons (Fsp3) is 0.500. The van der Waals surface area contributed by atoms with E-state index >= 15 is 0 Å². The largest absolute Gasteiger partial charge is 0.370 e. The van der Waals surface area contributed by atoms with Gasteiger partial charge >= 0.3 is 6.03 Å². The number of rotatable bonds is 11. The molecule has 0 aliphatic carbocycles. The van der Waals surface area contributed by atoms with E-state index in [4.69, 9.17) is 11.5 Å². The van der Waals surface area contributed by atoms with Crippen molar-refractivity contribution < 1.29 is 9.59 Å². The molecule has 8 N–H and O–H groups in total. The average Bonchev–Trinajstić information content (AvgIpc) is 3.29. The Balaban J connectivity index is 1.32. The van der Waals surface area contributed by atoms with Crippen LogP contribution in [-0.2, 0) is 11.3 Å². The third-order valence-electron chi connectivity index (χ3n) is 6.83. The SMILES string of the molecule is CC(=O)NCCN1CCCC(C2=CC3=CN(c4ccc(CNCCCN=C(N)N)cc4)C(=O)NC3N2)C1. The van der Waals surface area contributed by atoms with Crippen LogP contribution in [0.4, 0.5) is 10.5 Å². The Morgan fingerprint density at radius 1 is 1.19 bits per heavy atom. The van der Waals surface area contributed by atoms with Crippen molar-refractivity contribution in [1.82, 2.24) is 26.2 Å². The van der Waals surface area contributed by atoms with Gasteiger partial charge in [0.05, 0.1) is 5.69 Å². The molecule has 1 aromatic carbocycles. The number of aliphatic imine (C=N–C) groups is 1. The van der Waals surface area contributed by atoms with Crippen LogP contribution in [0.3, 0.4) is 0 Å². The van der Waals surface area contributed by atoms with E-state index in [9.17, 15) is 9.59 Å². The summed E-state index contributed by atoms with van der Waals surface area (Å²) in [5.74, 6) is 0.510. The number of carbonyl (C=O) groups is 2. The summed E-state index contributed by atoms with van der Waals surface area (Å²) in [6.45, 7) is 7.21. The van der Waals surface area contributed by atoms with Gasteiger partial charge < -0.3 is 37.6 Å². The van der Waals surface area contributed by atoms with E-state index in [1.165, 1.54) is 5.70 Å². The van der Waals surface area contributed by atoms with Gasteiger partial charge in [0.1, 0.15) is 6.17 Å². The molecule has 0 bridgehead atoms. The molecule has 1 saturated heterocycles. The van der Waals surface area contributed by atoms with Crippen LogP contribution < -0.4 is 37.6 Å². The van der Waals surface area contributed by atoms with Crippen LogP contribution in [0.1, 0.15) is 31.7 Å². The minimum Gasteiger partial charge on any atom is -0.370 e. The summed E-state index contributed by atoms with van der Waals surface area (Å²) >= 11 is 0. The lowest BCUT2D eigenvalue weighted by Gasteiger charge is -2.34. The molecular weight excluding hydrogens is 470 g/mol. The van der Waals surface area contributed by atoms with E-state index in [2.05, 4.69) is 37.2 Å². The van der Waals surface area contributed by atoms with Gasteiger partial charge in [-0.1, -0.05) is 12.1 Å². The van der Waals surface area contributed by atoms with Crippen LogP contribution in [0.2, 0.25) is 0 Å². The predicted molar refractivity (Wildman–Crippen MR) is 145 cm³/mol. The molecule has 2 atom stereocenters. The zero-order valence-electron chi connectivity index (χ0n) is 21.5. The summed E-state index contributed by atoms with van der Waals surface area (Å²) in [6, 6.07) is 7.84. The van der Waals surface area contributed by atoms with E-state index < -0.39 is 0 Å². The summed E-state index contributed by atoms with van der Waals surface area (Å²) < 4.78 is 0. The number of anilines is 1. The van der Waals surface area contributed by atoms with Crippen LogP contribution in [-0.4, -0.2) is 68.2 Å². The molecule has 1 aromatic rings. The predicted octanol–water partition coefficient (Wildman–Crippen LogP) is 0.515. The summed E-state index contributed by atoms with van der Waals surface area (Å²) in [4.78, 5) is 32.1. The first kappa shape index (κ1) is 26.5. The van der Waals surface area contributed by atoms with Crippen LogP contribution in [0.15, 0.2) is 52.8 Å². The Morgan fingerprint density at radius 2 is 2.00 bits per heavy atom. The molecule has 3 aliphatic heterocycles. The summed E-state index contributed by atoms with van der Waals surface area (Å²) in [5.41, 5.74) is 14.8. The Bertz CT molecular complexity index is 1050. The highest BCUT2D eigenvalue weighted by Crippen LogP contribution is 2.30. The van der Waals surface area contributed by atoms with E-state index in [1.807, 2.05) is 30.5 Å². The molecule has 0 saturated carbocycles. The van der Waals surface area contributed by atoms with Crippen molar-refractivity contribution in [2.45, 2.75) is 38.9 Å². The van der Waals surface area contributed by atoms with Gasteiger partial charge in [-0.15, -0.1) is 0 Å². The van der Waals surface area contributed by atoms with Crippen molar-refractivity contribution in [3.63, 3.8) is 0 Å². The highest BCUT2D eigenvalue weighted by molar-refractivity contribution is 5.96. The third kappa shape index (κ3) is 7.46. The second-order valence-corrected chi connectivity index (χ2v) is 9.75. The van der Waals surface area contributed by atoms with Crippen LogP contribution in [0, 0.1) is 5.92 Å². The lowest BCUT2D eigenvalue weighted by Crippen LogP contribution is -2.52. The smallest absolute Gasteiger partial charge is 0.327 e. The Morgan fingerprint density at radius 3 is 2.76 bits per heavy atom. The number of carbonyl (C=O) groups excluding carboxylic acids is 2. The molecule has 3 amide bonds. The zero-order chi connectivity index (χ0) is 26.2. The molecule has 4 rings (SSSR count). The Hall–Kier alpha value is -3.57. The number of guanidine groups is 1. The molecule has 200 valence electrons. The fourth-order valence-corrected chi connectivity index (χ4v) is 4.94. The number of amides is 3. The number of benzene rings is 1. The monoisotopic (exact) mass is 509 g/mol. The maximum atomic E-state index is 12.9. The number of piperidine rings is 1. The average molecular weight is 510 g/mol. The second-order valence-electron chi connectivity index (χ2n) is 9.75. The molecule has 2 unspecified atom stereocenters. The van der Waals surface area contributed by atoms with Crippen LogP contribution in [0.25, 0.3) is 0 Å². The number of urea groups is 1. The number of nitrogens with one attached hydrogen (secondary N) is 4. The van der Waals surface area contributed by atoms with Gasteiger partial charge in [-0.2, -0.15) is 0 Å². The lowest BCUT2D eigenvalue weighted by atomic mass is 9.94. The molecule has 3 heterocycles. The number of nitrogens with two attached hydrogens (primary N) is 2. The molecule has 1 fully saturated rings. The van der Waals surface area contributed by atoms with Crippen molar-refractivity contribution >= 4 is 23.6 Å². The third-order valence-corrected chi connectivity index (χ3v) is 6.83. The van der Waals surface area contributed by atoms with Gasteiger partial charge in [0, 0.05) is 63.0 Å². The molecule has 0 aromatic heterocycles. The van der Waals surface area contributed by atoms with Crippen LogP contribution in [0.5, 0.6) is 0 Å². The molecule has 11 nitrogen and oxygen atoms in total. The topological polar surface area (TPSA) is 153 Å². The number of hydrogen-bond acceptors (Lipinski definition) is 6. The maximum Gasteiger partial charge on any atom is 0.327 e. The van der Waals surface area contributed by atoms with Crippen LogP contribution >= 0.6 is 0 Å². The number of fused-ring (bicyclic) bond motifs is 1. The summed E-state index contributed by atoms with van der Waals surface area (Å²) in [5, 5.41) is 12.9. The van der Waals surface area contributed by atoms with Crippen molar-refractivity contribution in [2.75, 3.05) is 44.2 Å². The fourth-order valence-electron chi connectivity index (χ4n) is 4.94. The second kappa shape index (κ2) is 12.6. The molecule has 37 heavy (non-hydrogen) atoms. The van der Waals surface area contributed by atoms with E-state index in [1.54, 1.807) is 11.8 Å². The van der Waals surface area contributed by atoms with Crippen molar-refractivity contribution in [3.05, 3.63) is 53.4 Å². The highest BCUT2D eigenvalue weighted by Gasteiger charge is 2.34. The standard InChI is InChI=1S/C26H39N9O2/c1-18(36)30-11-13-34-12-2-4-20(16-34)23-14-21-17-35(26(37)33-24(21)32-23)22-7-5-19(6-8-22)15-29-9-3-10-31-25(27)28/h5-8,14,17,20,24,29,32H,2-4,9-13,15-16H2,1H3,(H,30,36)(H,33,37)(H4,27,28,31). The van der Waals surface area contributed by atoms with Crippen molar-refractivity contribution in [3.8, 4) is 0 Å². The quantitative estimate of drug-likeness (QED) is 0.144. The molecular formula is C26H39N9O2. The first-order valence-electron chi connectivity index (χ1n) is 13.0. The highest BCUT2D eigenvalue weighted by atomic mass is 16.2. The number of nitrogens with zero attached hydrogens (tertiary/aromatic N) is 3. The minimum absolute atomic E-state index is 0.00679. The molecule has 3 aliphatic rings. The number of hydrogen-bond donors (Lipinski definition) is 6. The van der Waals surface area contributed by atoms with Crippen molar-refractivity contribution in [2.24, 2.45) is 22.4 Å². The maximum absolute atomic E-state index is 12.9.